The number of nitrogens with zero attached hydrogens (tertiary/aromatic N) is 5. The second-order valence-corrected chi connectivity index (χ2v) is 9.95. The van der Waals surface area contributed by atoms with Crippen molar-refractivity contribution in [3.63, 3.8) is 0 Å². The van der Waals surface area contributed by atoms with Gasteiger partial charge in [0.2, 0.25) is 11.7 Å². The predicted molar refractivity (Wildman–Crippen MR) is 103 cm³/mol. The molecule has 1 saturated heterocycles. The Labute approximate surface area is 178 Å². The molecule has 11 heteroatoms. The molecular weight excluding hydrogens is 415 g/mol. The van der Waals surface area contributed by atoms with Crippen LogP contribution < -0.4 is 0 Å². The van der Waals surface area contributed by atoms with E-state index in [2.05, 4.69) is 10.2 Å². The zero-order chi connectivity index (χ0) is 22.7. The summed E-state index contributed by atoms with van der Waals surface area (Å²) in [7, 11) is 0. The van der Waals surface area contributed by atoms with E-state index in [0.717, 1.165) is 17.4 Å². The summed E-state index contributed by atoms with van der Waals surface area (Å²) in [5, 5.41) is 16.7. The largest absolute Gasteiger partial charge is 0.465 e. The Morgan fingerprint density at radius 1 is 1.03 bits per heavy atom. The van der Waals surface area contributed by atoms with Crippen LogP contribution in [0.25, 0.3) is 0 Å². The zero-order valence-electron chi connectivity index (χ0n) is 17.9. The van der Waals surface area contributed by atoms with Crippen molar-refractivity contribution < 1.29 is 27.9 Å². The van der Waals surface area contributed by atoms with Crippen LogP contribution in [0, 0.1) is 23.2 Å². The third kappa shape index (κ3) is 3.98. The first-order chi connectivity index (χ1) is 14.4. The van der Waals surface area contributed by atoms with E-state index in [0.29, 0.717) is 12.3 Å². The van der Waals surface area contributed by atoms with Gasteiger partial charge in [-0.05, 0) is 36.5 Å². The lowest BCUT2D eigenvalue weighted by Gasteiger charge is -2.50. The molecule has 0 spiro atoms. The minimum Gasteiger partial charge on any atom is -0.465 e. The molecule has 1 aromatic rings. The van der Waals surface area contributed by atoms with Crippen molar-refractivity contribution in [2.45, 2.75) is 65.3 Å². The van der Waals surface area contributed by atoms with Gasteiger partial charge in [0.05, 0.1) is 6.54 Å². The summed E-state index contributed by atoms with van der Waals surface area (Å²) in [6, 6.07) is -0.287. The molecule has 8 nitrogen and oxygen atoms in total. The smallest absolute Gasteiger partial charge is 0.451 e. The maximum Gasteiger partial charge on any atom is 0.451 e. The summed E-state index contributed by atoms with van der Waals surface area (Å²) in [5.74, 6) is -1.16. The molecule has 0 bridgehead atoms. The van der Waals surface area contributed by atoms with Gasteiger partial charge in [0, 0.05) is 31.6 Å². The van der Waals surface area contributed by atoms with Crippen molar-refractivity contribution in [3.8, 4) is 0 Å². The number of amides is 2. The third-order valence-corrected chi connectivity index (χ3v) is 6.78. The molecule has 2 aliphatic heterocycles. The van der Waals surface area contributed by atoms with E-state index >= 15 is 0 Å². The first kappa shape index (κ1) is 21.9. The summed E-state index contributed by atoms with van der Waals surface area (Å²) in [4.78, 5) is 28.5. The number of carbonyl (C=O) groups is 2. The maximum absolute atomic E-state index is 13.5. The molecular formula is C20H28F3N5O3. The van der Waals surface area contributed by atoms with Gasteiger partial charge < -0.3 is 19.5 Å². The minimum atomic E-state index is -4.59. The van der Waals surface area contributed by atoms with Crippen LogP contribution in [0.15, 0.2) is 0 Å². The fourth-order valence-electron chi connectivity index (χ4n) is 5.44. The van der Waals surface area contributed by atoms with Gasteiger partial charge in [0.15, 0.2) is 5.82 Å². The lowest BCUT2D eigenvalue weighted by molar-refractivity contribution is -0.149. The molecule has 172 valence electrons. The van der Waals surface area contributed by atoms with E-state index < -0.39 is 18.1 Å². The molecule has 1 saturated carbocycles. The number of rotatable bonds is 2. The number of fused-ring (bicyclic) bond motifs is 1. The van der Waals surface area contributed by atoms with Crippen LogP contribution in [0.1, 0.15) is 51.7 Å². The Balaban J connectivity index is 1.58. The molecule has 2 amide bonds. The maximum atomic E-state index is 13.5. The highest BCUT2D eigenvalue weighted by Gasteiger charge is 2.54. The van der Waals surface area contributed by atoms with Crippen molar-refractivity contribution in [1.82, 2.24) is 24.6 Å². The molecule has 1 aromatic heterocycles. The van der Waals surface area contributed by atoms with E-state index in [1.807, 2.05) is 20.8 Å². The Hall–Kier alpha value is -2.33. The van der Waals surface area contributed by atoms with Gasteiger partial charge in [-0.15, -0.1) is 10.2 Å². The van der Waals surface area contributed by atoms with E-state index in [1.165, 1.54) is 4.90 Å². The number of carbonyl (C=O) groups excluding carboxylic acids is 1. The first-order valence-corrected chi connectivity index (χ1v) is 10.7. The van der Waals surface area contributed by atoms with Crippen molar-refractivity contribution >= 4 is 12.0 Å². The van der Waals surface area contributed by atoms with Gasteiger partial charge in [-0.25, -0.2) is 4.79 Å². The van der Waals surface area contributed by atoms with Crippen LogP contribution in [-0.4, -0.2) is 60.8 Å². The number of hydrogen-bond acceptors (Lipinski definition) is 4. The van der Waals surface area contributed by atoms with Gasteiger partial charge in [0.25, 0.3) is 0 Å². The molecule has 0 aromatic carbocycles. The average molecular weight is 443 g/mol. The summed E-state index contributed by atoms with van der Waals surface area (Å²) >= 11 is 0. The highest BCUT2D eigenvalue weighted by atomic mass is 19.4. The first-order valence-electron chi connectivity index (χ1n) is 10.7. The number of likely N-dealkylation sites (tertiary alicyclic amines) is 1. The second-order valence-electron chi connectivity index (χ2n) is 9.95. The van der Waals surface area contributed by atoms with E-state index in [-0.39, 0.29) is 61.2 Å². The number of halogens is 3. The number of piperidine rings is 1. The summed E-state index contributed by atoms with van der Waals surface area (Å²) in [5.41, 5.74) is -0.339. The van der Waals surface area contributed by atoms with Crippen LogP contribution in [0.5, 0.6) is 0 Å². The highest BCUT2D eigenvalue weighted by Crippen LogP contribution is 2.51. The van der Waals surface area contributed by atoms with Gasteiger partial charge in [0.1, 0.15) is 0 Å². The Morgan fingerprint density at radius 3 is 2.26 bits per heavy atom. The lowest BCUT2D eigenvalue weighted by Crippen LogP contribution is -2.60. The predicted octanol–water partition coefficient (Wildman–Crippen LogP) is 3.08. The van der Waals surface area contributed by atoms with Crippen molar-refractivity contribution in [2.75, 3.05) is 13.1 Å². The van der Waals surface area contributed by atoms with Crippen LogP contribution >= 0.6 is 0 Å². The molecule has 0 radical (unpaired) electrons. The normalized spacial score (nSPS) is 27.2. The Morgan fingerprint density at radius 2 is 1.71 bits per heavy atom. The summed E-state index contributed by atoms with van der Waals surface area (Å²) in [6.07, 6.45) is -3.19. The minimum absolute atomic E-state index is 0.00627. The number of hydrogen-bond donors (Lipinski definition) is 1. The third-order valence-electron chi connectivity index (χ3n) is 6.78. The molecule has 1 aliphatic carbocycles. The molecule has 2 fully saturated rings. The second kappa shape index (κ2) is 7.37. The molecule has 31 heavy (non-hydrogen) atoms. The highest BCUT2D eigenvalue weighted by molar-refractivity contribution is 5.80. The monoisotopic (exact) mass is 443 g/mol. The molecule has 3 aliphatic rings. The van der Waals surface area contributed by atoms with Crippen molar-refractivity contribution in [2.24, 2.45) is 23.2 Å². The standard InChI is InChI=1S/C20H28F3N5O3/c1-19(2,3)15-14(11-4-5-11)12(6-7-28(15)18(30)31)16(29)26-8-9-27-13(10-26)24-25-17(27)20(21,22)23/h11-12,14-15H,4-10H2,1-3H3,(H,30,31). The number of aromatic nitrogens is 3. The van der Waals surface area contributed by atoms with Crippen LogP contribution in [0.4, 0.5) is 18.0 Å². The van der Waals surface area contributed by atoms with E-state index in [1.54, 1.807) is 4.90 Å². The van der Waals surface area contributed by atoms with Crippen LogP contribution in [0.2, 0.25) is 0 Å². The number of carboxylic acid groups (broad SMARTS) is 1. The zero-order valence-corrected chi connectivity index (χ0v) is 17.9. The van der Waals surface area contributed by atoms with Gasteiger partial charge in [-0.3, -0.25) is 4.79 Å². The lowest BCUT2D eigenvalue weighted by atomic mass is 9.67. The van der Waals surface area contributed by atoms with Crippen molar-refractivity contribution in [1.29, 1.82) is 0 Å². The number of alkyl halides is 3. The topological polar surface area (TPSA) is 91.6 Å². The summed E-state index contributed by atoms with van der Waals surface area (Å²) < 4.78 is 40.3. The Bertz CT molecular complexity index is 874. The SMILES string of the molecule is CC(C)(C)C1C(C2CC2)C(C(=O)N2CCn3c(nnc3C(F)(F)F)C2)CCN1C(=O)O. The van der Waals surface area contributed by atoms with Crippen molar-refractivity contribution in [3.05, 3.63) is 11.6 Å². The van der Waals surface area contributed by atoms with Crippen LogP contribution in [0.3, 0.4) is 0 Å². The van der Waals surface area contributed by atoms with Gasteiger partial charge >= 0.3 is 12.3 Å². The molecule has 3 unspecified atom stereocenters. The average Bonchev–Trinajstić information content (AvgIpc) is 3.42. The van der Waals surface area contributed by atoms with Crippen LogP contribution in [-0.2, 0) is 24.1 Å². The van der Waals surface area contributed by atoms with Gasteiger partial charge in [-0.1, -0.05) is 20.8 Å². The molecule has 1 N–H and O–H groups in total. The molecule has 4 rings (SSSR count). The fourth-order valence-corrected chi connectivity index (χ4v) is 5.44. The quantitative estimate of drug-likeness (QED) is 0.759. The molecule has 3 heterocycles. The fraction of sp³-hybridized carbons (Fsp3) is 0.800. The van der Waals surface area contributed by atoms with Gasteiger partial charge in [-0.2, -0.15) is 13.2 Å². The van der Waals surface area contributed by atoms with E-state index in [4.69, 9.17) is 0 Å². The van der Waals surface area contributed by atoms with E-state index in [9.17, 15) is 27.9 Å². The molecule has 3 atom stereocenters. The Kier molecular flexibility index (Phi) is 5.20. The summed E-state index contributed by atoms with van der Waals surface area (Å²) in [6.45, 7) is 6.41.